The van der Waals surface area contributed by atoms with Gasteiger partial charge in [-0.25, -0.2) is 0 Å². The molecule has 0 saturated heterocycles. The molecule has 0 heterocycles. The second kappa shape index (κ2) is 9.46. The molecule has 0 unspecified atom stereocenters. The van der Waals surface area contributed by atoms with Crippen LogP contribution < -0.4 is 10.1 Å². The van der Waals surface area contributed by atoms with Gasteiger partial charge in [-0.3, -0.25) is 9.59 Å². The van der Waals surface area contributed by atoms with Gasteiger partial charge in [0.1, 0.15) is 11.8 Å². The van der Waals surface area contributed by atoms with Crippen molar-refractivity contribution in [3.63, 3.8) is 0 Å². The van der Waals surface area contributed by atoms with Crippen molar-refractivity contribution < 1.29 is 14.3 Å². The number of carbonyl (C=O) groups is 2. The summed E-state index contributed by atoms with van der Waals surface area (Å²) in [4.78, 5) is 26.2. The number of amides is 2. The van der Waals surface area contributed by atoms with E-state index < -0.39 is 6.04 Å². The van der Waals surface area contributed by atoms with Crippen molar-refractivity contribution in [2.75, 3.05) is 13.7 Å². The molecular formula is C19H20Cl2N2O3. The lowest BCUT2D eigenvalue weighted by molar-refractivity contribution is -0.142. The zero-order chi connectivity index (χ0) is 19.1. The summed E-state index contributed by atoms with van der Waals surface area (Å²) in [6.45, 7) is 1.67. The lowest BCUT2D eigenvalue weighted by Crippen LogP contribution is -2.48. The molecule has 0 saturated carbocycles. The van der Waals surface area contributed by atoms with Crippen LogP contribution in [0.2, 0.25) is 10.0 Å². The molecule has 2 amide bonds. The summed E-state index contributed by atoms with van der Waals surface area (Å²) in [6.07, 6.45) is 0. The molecule has 0 aliphatic carbocycles. The molecule has 0 aromatic heterocycles. The van der Waals surface area contributed by atoms with E-state index in [0.717, 1.165) is 5.56 Å². The molecule has 0 aliphatic rings. The predicted octanol–water partition coefficient (Wildman–Crippen LogP) is 3.54. The van der Waals surface area contributed by atoms with Crippen LogP contribution in [0.5, 0.6) is 5.75 Å². The number of ether oxygens (including phenoxy) is 1. The van der Waals surface area contributed by atoms with Crippen LogP contribution in [0.4, 0.5) is 0 Å². The molecule has 2 aromatic rings. The molecular weight excluding hydrogens is 375 g/mol. The lowest BCUT2D eigenvalue weighted by Gasteiger charge is -2.28. The van der Waals surface area contributed by atoms with Gasteiger partial charge in [0.15, 0.2) is 6.61 Å². The highest BCUT2D eigenvalue weighted by molar-refractivity contribution is 6.32. The highest BCUT2D eigenvalue weighted by Crippen LogP contribution is 2.23. The maximum Gasteiger partial charge on any atom is 0.261 e. The SMILES string of the molecule is CNC(=O)[C@@H](C)N(Cc1cccc(Cl)c1)C(=O)COc1ccccc1Cl. The predicted molar refractivity (Wildman–Crippen MR) is 102 cm³/mol. The number of halogens is 2. The van der Waals surface area contributed by atoms with Gasteiger partial charge in [-0.15, -0.1) is 0 Å². The fraction of sp³-hybridized carbons (Fsp3) is 0.263. The summed E-state index contributed by atoms with van der Waals surface area (Å²) >= 11 is 12.1. The molecule has 138 valence electrons. The van der Waals surface area contributed by atoms with E-state index in [0.29, 0.717) is 15.8 Å². The van der Waals surface area contributed by atoms with Gasteiger partial charge in [-0.2, -0.15) is 0 Å². The number of hydrogen-bond donors (Lipinski definition) is 1. The molecule has 0 spiro atoms. The van der Waals surface area contributed by atoms with Gasteiger partial charge in [0.25, 0.3) is 5.91 Å². The van der Waals surface area contributed by atoms with Crippen molar-refractivity contribution in [3.8, 4) is 5.75 Å². The van der Waals surface area contributed by atoms with Gasteiger partial charge in [-0.1, -0.05) is 47.5 Å². The second-order valence-corrected chi connectivity index (χ2v) is 6.50. The van der Waals surface area contributed by atoms with Gasteiger partial charge in [0, 0.05) is 18.6 Å². The van der Waals surface area contributed by atoms with E-state index in [1.807, 2.05) is 6.07 Å². The van der Waals surface area contributed by atoms with Crippen molar-refractivity contribution in [3.05, 3.63) is 64.1 Å². The van der Waals surface area contributed by atoms with E-state index in [1.165, 1.54) is 11.9 Å². The third-order valence-electron chi connectivity index (χ3n) is 3.84. The molecule has 5 nitrogen and oxygen atoms in total. The standard InChI is InChI=1S/C19H20Cl2N2O3/c1-13(19(25)22-2)23(11-14-6-5-7-15(20)10-14)18(24)12-26-17-9-4-3-8-16(17)21/h3-10,13H,11-12H2,1-2H3,(H,22,25)/t13-/m1/s1. The Hall–Kier alpha value is -2.24. The van der Waals surface area contributed by atoms with Crippen molar-refractivity contribution in [1.82, 2.24) is 10.2 Å². The second-order valence-electron chi connectivity index (χ2n) is 5.66. The first-order valence-corrected chi connectivity index (χ1v) is 8.80. The summed E-state index contributed by atoms with van der Waals surface area (Å²) in [7, 11) is 1.53. The normalized spacial score (nSPS) is 11.5. The van der Waals surface area contributed by atoms with Crippen LogP contribution in [-0.2, 0) is 16.1 Å². The van der Waals surface area contributed by atoms with Gasteiger partial charge >= 0.3 is 0 Å². The van der Waals surface area contributed by atoms with Crippen LogP contribution in [0, 0.1) is 0 Å². The van der Waals surface area contributed by atoms with Crippen molar-refractivity contribution in [2.24, 2.45) is 0 Å². The Labute approximate surface area is 162 Å². The molecule has 0 aliphatic heterocycles. The van der Waals surface area contributed by atoms with Crippen LogP contribution >= 0.6 is 23.2 Å². The first-order chi connectivity index (χ1) is 12.4. The van der Waals surface area contributed by atoms with Crippen LogP contribution in [0.1, 0.15) is 12.5 Å². The fourth-order valence-electron chi connectivity index (χ4n) is 2.41. The maximum absolute atomic E-state index is 12.7. The van der Waals surface area contributed by atoms with Crippen molar-refractivity contribution >= 4 is 35.0 Å². The Balaban J connectivity index is 2.15. The first kappa shape index (κ1) is 20.1. The van der Waals surface area contributed by atoms with E-state index >= 15 is 0 Å². The first-order valence-electron chi connectivity index (χ1n) is 8.05. The topological polar surface area (TPSA) is 58.6 Å². The fourth-order valence-corrected chi connectivity index (χ4v) is 2.81. The number of rotatable bonds is 7. The Bertz CT molecular complexity index is 783. The molecule has 7 heteroatoms. The minimum absolute atomic E-state index is 0.231. The van der Waals surface area contributed by atoms with Crippen LogP contribution in [0.25, 0.3) is 0 Å². The van der Waals surface area contributed by atoms with Crippen molar-refractivity contribution in [1.29, 1.82) is 0 Å². The smallest absolute Gasteiger partial charge is 0.261 e. The summed E-state index contributed by atoms with van der Waals surface area (Å²) in [6, 6.07) is 13.4. The molecule has 1 atom stereocenters. The Kier molecular flexibility index (Phi) is 7.30. The zero-order valence-electron chi connectivity index (χ0n) is 14.5. The van der Waals surface area contributed by atoms with Gasteiger partial charge in [0.05, 0.1) is 5.02 Å². The van der Waals surface area contributed by atoms with E-state index in [2.05, 4.69) is 5.32 Å². The average Bonchev–Trinajstić information content (AvgIpc) is 2.64. The number of para-hydroxylation sites is 1. The van der Waals surface area contributed by atoms with Crippen molar-refractivity contribution in [2.45, 2.75) is 19.5 Å². The Morgan fingerprint density at radius 1 is 1.15 bits per heavy atom. The van der Waals surface area contributed by atoms with Gasteiger partial charge < -0.3 is 15.0 Å². The number of benzene rings is 2. The van der Waals surface area contributed by atoms with E-state index in [4.69, 9.17) is 27.9 Å². The average molecular weight is 395 g/mol. The summed E-state index contributed by atoms with van der Waals surface area (Å²) in [5.74, 6) is -0.183. The van der Waals surface area contributed by atoms with E-state index in [-0.39, 0.29) is 25.0 Å². The Morgan fingerprint density at radius 2 is 1.88 bits per heavy atom. The third-order valence-corrected chi connectivity index (χ3v) is 4.39. The molecule has 26 heavy (non-hydrogen) atoms. The quantitative estimate of drug-likeness (QED) is 0.780. The van der Waals surface area contributed by atoms with Crippen LogP contribution in [-0.4, -0.2) is 36.4 Å². The van der Waals surface area contributed by atoms with E-state index in [1.54, 1.807) is 49.4 Å². The zero-order valence-corrected chi connectivity index (χ0v) is 16.1. The monoisotopic (exact) mass is 394 g/mol. The highest BCUT2D eigenvalue weighted by Gasteiger charge is 2.26. The third kappa shape index (κ3) is 5.38. The summed E-state index contributed by atoms with van der Waals surface area (Å²) < 4.78 is 5.52. The maximum atomic E-state index is 12.7. The molecule has 2 aromatic carbocycles. The lowest BCUT2D eigenvalue weighted by atomic mass is 10.1. The van der Waals surface area contributed by atoms with Crippen LogP contribution in [0.3, 0.4) is 0 Å². The largest absolute Gasteiger partial charge is 0.482 e. The summed E-state index contributed by atoms with van der Waals surface area (Å²) in [5.41, 5.74) is 0.819. The van der Waals surface area contributed by atoms with E-state index in [9.17, 15) is 9.59 Å². The number of likely N-dealkylation sites (N-methyl/N-ethyl adjacent to an activating group) is 1. The summed E-state index contributed by atoms with van der Waals surface area (Å²) in [5, 5.41) is 3.54. The molecule has 0 bridgehead atoms. The highest BCUT2D eigenvalue weighted by atomic mass is 35.5. The molecule has 2 rings (SSSR count). The number of hydrogen-bond acceptors (Lipinski definition) is 3. The number of nitrogens with zero attached hydrogens (tertiary/aromatic N) is 1. The molecule has 0 fully saturated rings. The van der Waals surface area contributed by atoms with Gasteiger partial charge in [0.2, 0.25) is 5.91 Å². The van der Waals surface area contributed by atoms with Crippen LogP contribution in [0.15, 0.2) is 48.5 Å². The molecule has 1 N–H and O–H groups in total. The Morgan fingerprint density at radius 3 is 2.54 bits per heavy atom. The minimum atomic E-state index is -0.665. The van der Waals surface area contributed by atoms with Gasteiger partial charge in [-0.05, 0) is 36.8 Å². The number of carbonyl (C=O) groups excluding carboxylic acids is 2. The molecule has 0 radical (unpaired) electrons. The number of nitrogens with one attached hydrogen (secondary N) is 1. The minimum Gasteiger partial charge on any atom is -0.482 e.